The molecule has 1 aliphatic rings. The van der Waals surface area contributed by atoms with E-state index in [0.29, 0.717) is 11.6 Å². The first-order valence-corrected chi connectivity index (χ1v) is 8.05. The topological polar surface area (TPSA) is 71.1 Å². The molecule has 0 bridgehead atoms. The molecule has 1 N–H and O–H groups in total. The van der Waals surface area contributed by atoms with Gasteiger partial charge in [-0.2, -0.15) is 0 Å². The van der Waals surface area contributed by atoms with Crippen molar-refractivity contribution in [2.45, 2.75) is 25.5 Å². The monoisotopic (exact) mass is 334 g/mol. The summed E-state index contributed by atoms with van der Waals surface area (Å²) in [7, 11) is 0. The van der Waals surface area contributed by atoms with Gasteiger partial charge in [-0.15, -0.1) is 0 Å². The van der Waals surface area contributed by atoms with Gasteiger partial charge in [-0.3, -0.25) is 14.7 Å². The average Bonchev–Trinajstić information content (AvgIpc) is 2.56. The lowest BCUT2D eigenvalue weighted by Gasteiger charge is -2.32. The Kier molecular flexibility index (Phi) is 5.38. The molecule has 2 aromatic heterocycles. The predicted molar refractivity (Wildman–Crippen MR) is 87.4 cm³/mol. The number of nitrogens with one attached hydrogen (secondary N) is 1. The summed E-state index contributed by atoms with van der Waals surface area (Å²) in [6.07, 6.45) is 4.85. The summed E-state index contributed by atoms with van der Waals surface area (Å²) in [6, 6.07) is 5.35. The van der Waals surface area contributed by atoms with Gasteiger partial charge in [0.05, 0.1) is 29.8 Å². The van der Waals surface area contributed by atoms with Gasteiger partial charge in [0, 0.05) is 37.6 Å². The molecule has 1 atom stereocenters. The summed E-state index contributed by atoms with van der Waals surface area (Å²) in [4.78, 5) is 24.6. The van der Waals surface area contributed by atoms with Gasteiger partial charge < -0.3 is 9.72 Å². The maximum absolute atomic E-state index is 11.3. The molecule has 0 amide bonds. The standard InChI is InChI=1S/C16H19ClN4O2/c17-12-1-2-14(18-8-12)9-21-5-6-23-15(10-21)4-3-13-7-16(22)20-11-19-13/h1-2,7-8,11,15H,3-6,9-10H2,(H,19,20,22)/t15-/m0/s1. The summed E-state index contributed by atoms with van der Waals surface area (Å²) < 4.78 is 5.82. The molecule has 1 saturated heterocycles. The zero-order valence-corrected chi connectivity index (χ0v) is 13.5. The highest BCUT2D eigenvalue weighted by atomic mass is 35.5. The van der Waals surface area contributed by atoms with E-state index in [1.54, 1.807) is 6.20 Å². The molecule has 0 spiro atoms. The van der Waals surface area contributed by atoms with Gasteiger partial charge in [0.25, 0.3) is 5.56 Å². The largest absolute Gasteiger partial charge is 0.376 e. The molecule has 0 aliphatic carbocycles. The van der Waals surface area contributed by atoms with Crippen LogP contribution in [-0.2, 0) is 17.7 Å². The fourth-order valence-corrected chi connectivity index (χ4v) is 2.79. The van der Waals surface area contributed by atoms with E-state index in [9.17, 15) is 4.79 Å². The lowest BCUT2D eigenvalue weighted by molar-refractivity contribution is -0.0350. The van der Waals surface area contributed by atoms with Crippen LogP contribution in [0.25, 0.3) is 0 Å². The Hall–Kier alpha value is -1.76. The van der Waals surface area contributed by atoms with Crippen LogP contribution in [0.4, 0.5) is 0 Å². The number of hydrogen-bond donors (Lipinski definition) is 1. The summed E-state index contributed by atoms with van der Waals surface area (Å²) in [5, 5.41) is 0.652. The van der Waals surface area contributed by atoms with E-state index in [-0.39, 0.29) is 11.7 Å². The molecule has 0 unspecified atom stereocenters. The van der Waals surface area contributed by atoms with Crippen LogP contribution in [0.1, 0.15) is 17.8 Å². The minimum absolute atomic E-state index is 0.116. The SMILES string of the molecule is O=c1cc(CC[C@H]2CN(Cc3ccc(Cl)cn3)CCO2)nc[nH]1. The molecule has 0 radical (unpaired) electrons. The highest BCUT2D eigenvalue weighted by Gasteiger charge is 2.20. The quantitative estimate of drug-likeness (QED) is 0.900. The zero-order chi connectivity index (χ0) is 16.1. The Morgan fingerprint density at radius 2 is 2.26 bits per heavy atom. The second-order valence-corrected chi connectivity index (χ2v) is 6.07. The van der Waals surface area contributed by atoms with Gasteiger partial charge in [0.15, 0.2) is 0 Å². The smallest absolute Gasteiger partial charge is 0.250 e. The Balaban J connectivity index is 1.51. The Labute approximate surface area is 139 Å². The third-order valence-corrected chi connectivity index (χ3v) is 4.08. The minimum atomic E-state index is -0.116. The van der Waals surface area contributed by atoms with E-state index in [1.165, 1.54) is 12.4 Å². The number of nitrogens with zero attached hydrogens (tertiary/aromatic N) is 3. The molecule has 122 valence electrons. The molecule has 7 heteroatoms. The molecule has 1 aliphatic heterocycles. The highest BCUT2D eigenvalue weighted by molar-refractivity contribution is 6.30. The summed E-state index contributed by atoms with van der Waals surface area (Å²) in [5.74, 6) is 0. The van der Waals surface area contributed by atoms with E-state index >= 15 is 0 Å². The van der Waals surface area contributed by atoms with Crippen molar-refractivity contribution >= 4 is 11.6 Å². The number of aromatic amines is 1. The molecule has 6 nitrogen and oxygen atoms in total. The van der Waals surface area contributed by atoms with Gasteiger partial charge in [-0.25, -0.2) is 4.98 Å². The molecule has 1 fully saturated rings. The third kappa shape index (κ3) is 4.86. The van der Waals surface area contributed by atoms with Gasteiger partial charge in [-0.05, 0) is 25.0 Å². The summed E-state index contributed by atoms with van der Waals surface area (Å²) in [6.45, 7) is 3.25. The Morgan fingerprint density at radius 1 is 1.35 bits per heavy atom. The molecular formula is C16H19ClN4O2. The van der Waals surface area contributed by atoms with Crippen LogP contribution in [0, 0.1) is 0 Å². The van der Waals surface area contributed by atoms with Gasteiger partial charge in [0.2, 0.25) is 0 Å². The van der Waals surface area contributed by atoms with Crippen molar-refractivity contribution in [3.8, 4) is 0 Å². The van der Waals surface area contributed by atoms with Crippen molar-refractivity contribution in [2.24, 2.45) is 0 Å². The number of rotatable bonds is 5. The van der Waals surface area contributed by atoms with Gasteiger partial charge in [0.1, 0.15) is 0 Å². The number of aryl methyl sites for hydroxylation is 1. The van der Waals surface area contributed by atoms with Crippen molar-refractivity contribution in [2.75, 3.05) is 19.7 Å². The molecule has 0 aromatic carbocycles. The second-order valence-electron chi connectivity index (χ2n) is 5.64. The van der Waals surface area contributed by atoms with E-state index in [4.69, 9.17) is 16.3 Å². The molecule has 0 saturated carbocycles. The average molecular weight is 335 g/mol. The van der Waals surface area contributed by atoms with Crippen LogP contribution < -0.4 is 5.56 Å². The summed E-state index contributed by atoms with van der Waals surface area (Å²) in [5.41, 5.74) is 1.69. The van der Waals surface area contributed by atoms with Crippen molar-refractivity contribution in [1.29, 1.82) is 0 Å². The fraction of sp³-hybridized carbons (Fsp3) is 0.438. The highest BCUT2D eigenvalue weighted by Crippen LogP contribution is 2.14. The Bertz CT molecular complexity index is 689. The number of H-pyrrole nitrogens is 1. The van der Waals surface area contributed by atoms with Crippen LogP contribution in [0.5, 0.6) is 0 Å². The molecule has 3 rings (SSSR count). The lowest BCUT2D eigenvalue weighted by Crippen LogP contribution is -2.42. The number of halogens is 1. The second kappa shape index (κ2) is 7.68. The predicted octanol–water partition coefficient (Wildman–Crippen LogP) is 1.65. The normalized spacial score (nSPS) is 18.9. The van der Waals surface area contributed by atoms with Gasteiger partial charge >= 0.3 is 0 Å². The van der Waals surface area contributed by atoms with Crippen LogP contribution in [-0.4, -0.2) is 45.7 Å². The fourth-order valence-electron chi connectivity index (χ4n) is 2.68. The first-order valence-electron chi connectivity index (χ1n) is 7.67. The summed E-state index contributed by atoms with van der Waals surface area (Å²) >= 11 is 5.86. The number of pyridine rings is 1. The minimum Gasteiger partial charge on any atom is -0.376 e. The maximum Gasteiger partial charge on any atom is 0.250 e. The van der Waals surface area contributed by atoms with E-state index in [0.717, 1.165) is 43.9 Å². The zero-order valence-electron chi connectivity index (χ0n) is 12.7. The Morgan fingerprint density at radius 3 is 3.04 bits per heavy atom. The van der Waals surface area contributed by atoms with Crippen LogP contribution in [0.15, 0.2) is 35.5 Å². The third-order valence-electron chi connectivity index (χ3n) is 3.85. The van der Waals surface area contributed by atoms with Crippen LogP contribution in [0.3, 0.4) is 0 Å². The first kappa shape index (κ1) is 16.1. The number of morpholine rings is 1. The van der Waals surface area contributed by atoms with Crippen molar-refractivity contribution in [3.05, 3.63) is 57.5 Å². The lowest BCUT2D eigenvalue weighted by atomic mass is 10.1. The molecular weight excluding hydrogens is 316 g/mol. The number of hydrogen-bond acceptors (Lipinski definition) is 5. The van der Waals surface area contributed by atoms with Crippen LogP contribution in [0.2, 0.25) is 5.02 Å². The van der Waals surface area contributed by atoms with E-state index < -0.39 is 0 Å². The van der Waals surface area contributed by atoms with Gasteiger partial charge in [-0.1, -0.05) is 11.6 Å². The molecule has 3 heterocycles. The van der Waals surface area contributed by atoms with Crippen LogP contribution >= 0.6 is 11.6 Å². The number of aromatic nitrogens is 3. The number of ether oxygens (including phenoxy) is 1. The molecule has 2 aromatic rings. The van der Waals surface area contributed by atoms with E-state index in [1.807, 2.05) is 12.1 Å². The van der Waals surface area contributed by atoms with Crippen molar-refractivity contribution in [1.82, 2.24) is 19.9 Å². The first-order chi connectivity index (χ1) is 11.2. The van der Waals surface area contributed by atoms with Crippen molar-refractivity contribution < 1.29 is 4.74 Å². The maximum atomic E-state index is 11.3. The van der Waals surface area contributed by atoms with E-state index in [2.05, 4.69) is 19.9 Å². The molecule has 23 heavy (non-hydrogen) atoms. The van der Waals surface area contributed by atoms with Crippen molar-refractivity contribution in [3.63, 3.8) is 0 Å².